The van der Waals surface area contributed by atoms with E-state index in [1.807, 2.05) is 6.92 Å². The maximum atomic E-state index is 12.2. The monoisotopic (exact) mass is 374 g/mol. The molecule has 0 aromatic heterocycles. The maximum absolute atomic E-state index is 12.2. The summed E-state index contributed by atoms with van der Waals surface area (Å²) in [6.45, 7) is 5.61. The highest BCUT2D eigenvalue weighted by Gasteiger charge is 2.66. The Kier molecular flexibility index (Phi) is 4.10. The normalized spacial score (nSPS) is 48.0. The van der Waals surface area contributed by atoms with Crippen molar-refractivity contribution in [3.63, 3.8) is 0 Å². The zero-order valence-electron chi connectivity index (χ0n) is 16.5. The average molecular weight is 374 g/mol. The van der Waals surface area contributed by atoms with Gasteiger partial charge in [0.1, 0.15) is 12.4 Å². The van der Waals surface area contributed by atoms with Crippen LogP contribution in [0.5, 0.6) is 0 Å². The second-order valence-electron chi connectivity index (χ2n) is 9.92. The minimum absolute atomic E-state index is 0.00255. The highest BCUT2D eigenvalue weighted by Crippen LogP contribution is 2.70. The molecule has 0 unspecified atom stereocenters. The summed E-state index contributed by atoms with van der Waals surface area (Å²) in [5.41, 5.74) is -0.0674. The number of hydrogen-bond acceptors (Lipinski definition) is 4. The van der Waals surface area contributed by atoms with Gasteiger partial charge in [-0.05, 0) is 73.7 Å². The SMILES string of the molecule is CC(=O)O[C@H]1C[C@@H]2[C@@]3(C=C(C=O)[C@H]1C3)CC[C@H]1[C@@]2(C)CCC[C@@]1(C)C(=O)O. The molecule has 0 radical (unpaired) electrons. The third-order valence-corrected chi connectivity index (χ3v) is 8.71. The Morgan fingerprint density at radius 3 is 2.59 bits per heavy atom. The number of carbonyl (C=O) groups is 3. The van der Waals surface area contributed by atoms with E-state index < -0.39 is 11.4 Å². The molecule has 1 N–H and O–H groups in total. The van der Waals surface area contributed by atoms with Crippen LogP contribution in [0.4, 0.5) is 0 Å². The Morgan fingerprint density at radius 2 is 1.96 bits per heavy atom. The van der Waals surface area contributed by atoms with Crippen molar-refractivity contribution in [1.29, 1.82) is 0 Å². The van der Waals surface area contributed by atoms with Crippen LogP contribution in [0.25, 0.3) is 0 Å². The van der Waals surface area contributed by atoms with Crippen LogP contribution in [0.2, 0.25) is 0 Å². The summed E-state index contributed by atoms with van der Waals surface area (Å²) in [6, 6.07) is 0. The van der Waals surface area contributed by atoms with Gasteiger partial charge < -0.3 is 9.84 Å². The van der Waals surface area contributed by atoms with Gasteiger partial charge in [0.15, 0.2) is 0 Å². The lowest BCUT2D eigenvalue weighted by Crippen LogP contribution is -2.59. The van der Waals surface area contributed by atoms with Crippen molar-refractivity contribution in [2.24, 2.45) is 34.0 Å². The van der Waals surface area contributed by atoms with Crippen LogP contribution in [0.15, 0.2) is 11.6 Å². The highest BCUT2D eigenvalue weighted by molar-refractivity contribution is 5.77. The molecule has 7 atom stereocenters. The average Bonchev–Trinajstić information content (AvgIpc) is 2.90. The van der Waals surface area contributed by atoms with E-state index in [1.165, 1.54) is 6.92 Å². The fourth-order valence-electron chi connectivity index (χ4n) is 7.63. The number of aliphatic carboxylic acids is 1. The van der Waals surface area contributed by atoms with Crippen molar-refractivity contribution in [1.82, 2.24) is 0 Å². The minimum atomic E-state index is -0.696. The molecule has 1 spiro atoms. The molecule has 3 fully saturated rings. The zero-order chi connectivity index (χ0) is 19.6. The summed E-state index contributed by atoms with van der Waals surface area (Å²) in [7, 11) is 0. The van der Waals surface area contributed by atoms with Gasteiger partial charge in [-0.1, -0.05) is 19.4 Å². The number of allylic oxidation sites excluding steroid dienone is 1. The van der Waals surface area contributed by atoms with Crippen LogP contribution in [-0.2, 0) is 19.1 Å². The van der Waals surface area contributed by atoms with E-state index in [4.69, 9.17) is 4.74 Å². The fraction of sp³-hybridized carbons (Fsp3) is 0.773. The van der Waals surface area contributed by atoms with Gasteiger partial charge in [0.05, 0.1) is 5.41 Å². The van der Waals surface area contributed by atoms with E-state index in [2.05, 4.69) is 13.0 Å². The molecule has 0 heterocycles. The van der Waals surface area contributed by atoms with Gasteiger partial charge in [-0.25, -0.2) is 0 Å². The molecule has 0 aromatic rings. The lowest BCUT2D eigenvalue weighted by molar-refractivity contribution is -0.187. The molecular formula is C22H30O5. The maximum Gasteiger partial charge on any atom is 0.309 e. The Labute approximate surface area is 160 Å². The molecule has 148 valence electrons. The quantitative estimate of drug-likeness (QED) is 0.601. The van der Waals surface area contributed by atoms with Crippen LogP contribution in [-0.4, -0.2) is 29.4 Å². The highest BCUT2D eigenvalue weighted by atomic mass is 16.5. The van der Waals surface area contributed by atoms with Gasteiger partial charge in [0.25, 0.3) is 0 Å². The number of aldehydes is 1. The molecule has 4 aliphatic rings. The second-order valence-corrected chi connectivity index (χ2v) is 9.92. The molecule has 5 heteroatoms. The lowest BCUT2D eigenvalue weighted by Gasteiger charge is -2.63. The van der Waals surface area contributed by atoms with E-state index in [-0.39, 0.29) is 40.7 Å². The number of hydrogen-bond donors (Lipinski definition) is 1. The number of rotatable bonds is 3. The van der Waals surface area contributed by atoms with Gasteiger partial charge in [-0.3, -0.25) is 14.4 Å². The van der Waals surface area contributed by atoms with E-state index in [1.54, 1.807) is 0 Å². The summed E-state index contributed by atoms with van der Waals surface area (Å²) in [5, 5.41) is 10.00. The van der Waals surface area contributed by atoms with E-state index in [0.717, 1.165) is 56.8 Å². The summed E-state index contributed by atoms with van der Waals surface area (Å²) >= 11 is 0. The predicted molar refractivity (Wildman–Crippen MR) is 98.8 cm³/mol. The van der Waals surface area contributed by atoms with Crippen LogP contribution in [0, 0.1) is 34.0 Å². The third-order valence-electron chi connectivity index (χ3n) is 8.71. The van der Waals surface area contributed by atoms with Crippen molar-refractivity contribution < 1.29 is 24.2 Å². The summed E-state index contributed by atoms with van der Waals surface area (Å²) in [5.74, 6) is -0.621. The first-order valence-electron chi connectivity index (χ1n) is 10.2. The molecule has 2 bridgehead atoms. The predicted octanol–water partition coefficient (Wildman–Crippen LogP) is 3.76. The molecule has 0 amide bonds. The first kappa shape index (κ1) is 18.7. The standard InChI is InChI=1S/C22H30O5/c1-13(24)27-16-9-18-20(2)6-4-7-21(3,19(25)26)17(20)5-8-22(18)10-14(12-23)15(16)11-22/h10,12,15-18H,4-9,11H2,1-3H3,(H,25,26)/t15-,16+,17+,18+,20-,21-,22-/m1/s1. The first-order valence-corrected chi connectivity index (χ1v) is 10.2. The fourth-order valence-corrected chi connectivity index (χ4v) is 7.63. The van der Waals surface area contributed by atoms with Gasteiger partial charge in [0, 0.05) is 12.8 Å². The molecule has 4 aliphatic carbocycles. The number of carboxylic acids is 1. The van der Waals surface area contributed by atoms with Crippen molar-refractivity contribution >= 4 is 18.2 Å². The number of ether oxygens (including phenoxy) is 1. The number of carbonyl (C=O) groups excluding carboxylic acids is 2. The van der Waals surface area contributed by atoms with Crippen LogP contribution in [0.3, 0.4) is 0 Å². The molecule has 3 saturated carbocycles. The Balaban J connectivity index is 1.77. The Hall–Kier alpha value is -1.65. The van der Waals surface area contributed by atoms with Crippen molar-refractivity contribution in [2.45, 2.75) is 71.8 Å². The Bertz CT molecular complexity index is 726. The van der Waals surface area contributed by atoms with Gasteiger partial charge in [-0.2, -0.15) is 0 Å². The van der Waals surface area contributed by atoms with Crippen molar-refractivity contribution in [2.75, 3.05) is 0 Å². The summed E-state index contributed by atoms with van der Waals surface area (Å²) < 4.78 is 5.67. The van der Waals surface area contributed by atoms with Gasteiger partial charge in [0.2, 0.25) is 0 Å². The molecule has 0 saturated heterocycles. The summed E-state index contributed by atoms with van der Waals surface area (Å²) in [6.07, 6.45) is 8.91. The topological polar surface area (TPSA) is 80.7 Å². The van der Waals surface area contributed by atoms with Crippen LogP contribution < -0.4 is 0 Å². The van der Waals surface area contributed by atoms with Gasteiger partial charge >= 0.3 is 11.9 Å². The van der Waals surface area contributed by atoms with E-state index in [0.29, 0.717) is 0 Å². The first-order chi connectivity index (χ1) is 12.7. The molecule has 27 heavy (non-hydrogen) atoms. The third kappa shape index (κ3) is 2.46. The number of carboxylic acid groups (broad SMARTS) is 1. The molecule has 4 rings (SSSR count). The van der Waals surface area contributed by atoms with Crippen LogP contribution in [0.1, 0.15) is 65.7 Å². The largest absolute Gasteiger partial charge is 0.481 e. The molecular weight excluding hydrogens is 344 g/mol. The number of fused-ring (bicyclic) bond motifs is 3. The van der Waals surface area contributed by atoms with E-state index in [9.17, 15) is 19.5 Å². The Morgan fingerprint density at radius 1 is 1.22 bits per heavy atom. The zero-order valence-corrected chi connectivity index (χ0v) is 16.5. The molecule has 0 aliphatic heterocycles. The van der Waals surface area contributed by atoms with Gasteiger partial charge in [-0.15, -0.1) is 0 Å². The van der Waals surface area contributed by atoms with Crippen molar-refractivity contribution in [3.8, 4) is 0 Å². The second kappa shape index (κ2) is 5.92. The lowest BCUT2D eigenvalue weighted by atomic mass is 9.41. The smallest absolute Gasteiger partial charge is 0.309 e. The number of esters is 1. The molecule has 0 aromatic carbocycles. The summed E-state index contributed by atoms with van der Waals surface area (Å²) in [4.78, 5) is 35.6. The minimum Gasteiger partial charge on any atom is -0.481 e. The van der Waals surface area contributed by atoms with Crippen LogP contribution >= 0.6 is 0 Å². The van der Waals surface area contributed by atoms with E-state index >= 15 is 0 Å². The molecule has 5 nitrogen and oxygen atoms in total. The van der Waals surface area contributed by atoms with Crippen molar-refractivity contribution in [3.05, 3.63) is 11.6 Å².